The fourth-order valence-corrected chi connectivity index (χ4v) is 3.76. The quantitative estimate of drug-likeness (QED) is 0.478. The van der Waals surface area contributed by atoms with E-state index in [9.17, 15) is 18.0 Å². The summed E-state index contributed by atoms with van der Waals surface area (Å²) in [6, 6.07) is 21.2. The van der Waals surface area contributed by atoms with Crippen LogP contribution in [0.2, 0.25) is 0 Å². The fourth-order valence-electron chi connectivity index (χ4n) is 2.72. The smallest absolute Gasteiger partial charge is 0.338 e. The number of esters is 1. The summed E-state index contributed by atoms with van der Waals surface area (Å²) in [7, 11) is -3.62. The molecule has 3 aromatic carbocycles. The molecule has 0 radical (unpaired) electrons. The molecule has 0 unspecified atom stereocenters. The highest BCUT2D eigenvalue weighted by molar-refractivity contribution is 7.89. The van der Waals surface area contributed by atoms with Crippen molar-refractivity contribution in [2.75, 3.05) is 18.5 Å². The summed E-state index contributed by atoms with van der Waals surface area (Å²) >= 11 is 0. The Labute approximate surface area is 186 Å². The summed E-state index contributed by atoms with van der Waals surface area (Å²) in [5.74, 6) is -0.244. The standard InChI is InChI=1S/C23H22N2O6S/c1-2-24-32(28,29)19-14-12-17(13-15-19)23(27)30-16-22(26)25-20-10-6-7-11-21(20)31-18-8-4-3-5-9-18/h3-15,24H,2,16H2,1H3,(H,25,26). The number of hydrogen-bond donors (Lipinski definition) is 2. The lowest BCUT2D eigenvalue weighted by Gasteiger charge is -2.12. The van der Waals surface area contributed by atoms with Crippen LogP contribution in [0.4, 0.5) is 5.69 Å². The molecular weight excluding hydrogens is 432 g/mol. The highest BCUT2D eigenvalue weighted by Gasteiger charge is 2.16. The Hall–Kier alpha value is -3.69. The monoisotopic (exact) mass is 454 g/mol. The van der Waals surface area contributed by atoms with E-state index >= 15 is 0 Å². The lowest BCUT2D eigenvalue weighted by atomic mass is 10.2. The molecule has 3 aromatic rings. The van der Waals surface area contributed by atoms with E-state index in [-0.39, 0.29) is 17.0 Å². The van der Waals surface area contributed by atoms with Gasteiger partial charge in [-0.15, -0.1) is 0 Å². The number of carbonyl (C=O) groups is 2. The van der Waals surface area contributed by atoms with Crippen LogP contribution in [-0.4, -0.2) is 33.4 Å². The molecule has 0 aliphatic carbocycles. The second-order valence-corrected chi connectivity index (χ2v) is 8.33. The van der Waals surface area contributed by atoms with E-state index in [2.05, 4.69) is 10.0 Å². The second-order valence-electron chi connectivity index (χ2n) is 6.56. The van der Waals surface area contributed by atoms with Crippen molar-refractivity contribution in [1.82, 2.24) is 4.72 Å². The molecule has 0 atom stereocenters. The Bertz CT molecular complexity index is 1180. The van der Waals surface area contributed by atoms with Gasteiger partial charge in [-0.1, -0.05) is 37.3 Å². The summed E-state index contributed by atoms with van der Waals surface area (Å²) in [5, 5.41) is 2.65. The highest BCUT2D eigenvalue weighted by atomic mass is 32.2. The molecule has 3 rings (SSSR count). The average Bonchev–Trinajstić information content (AvgIpc) is 2.79. The van der Waals surface area contributed by atoms with Gasteiger partial charge >= 0.3 is 5.97 Å². The zero-order valence-electron chi connectivity index (χ0n) is 17.3. The van der Waals surface area contributed by atoms with Gasteiger partial charge in [-0.05, 0) is 48.5 Å². The number of ether oxygens (including phenoxy) is 2. The molecule has 166 valence electrons. The minimum atomic E-state index is -3.62. The Balaban J connectivity index is 1.58. The van der Waals surface area contributed by atoms with E-state index in [0.717, 1.165) is 0 Å². The van der Waals surface area contributed by atoms with Gasteiger partial charge in [0.2, 0.25) is 10.0 Å². The van der Waals surface area contributed by atoms with Crippen molar-refractivity contribution in [2.24, 2.45) is 0 Å². The third-order valence-electron chi connectivity index (χ3n) is 4.20. The molecule has 2 N–H and O–H groups in total. The van der Waals surface area contributed by atoms with Crippen molar-refractivity contribution in [3.63, 3.8) is 0 Å². The van der Waals surface area contributed by atoms with Crippen molar-refractivity contribution in [2.45, 2.75) is 11.8 Å². The summed E-state index contributed by atoms with van der Waals surface area (Å²) in [6.45, 7) is 1.40. The van der Waals surface area contributed by atoms with E-state index in [1.54, 1.807) is 43.3 Å². The van der Waals surface area contributed by atoms with E-state index < -0.39 is 28.5 Å². The number of amides is 1. The number of benzene rings is 3. The first-order chi connectivity index (χ1) is 15.4. The fraction of sp³-hybridized carbons (Fsp3) is 0.130. The Kier molecular flexibility index (Phi) is 7.58. The predicted molar refractivity (Wildman–Crippen MR) is 119 cm³/mol. The molecule has 0 spiro atoms. The zero-order chi connectivity index (χ0) is 23.0. The van der Waals surface area contributed by atoms with Gasteiger partial charge in [-0.2, -0.15) is 0 Å². The lowest BCUT2D eigenvalue weighted by Crippen LogP contribution is -2.23. The largest absolute Gasteiger partial charge is 0.455 e. The van der Waals surface area contributed by atoms with Crippen LogP contribution in [0.3, 0.4) is 0 Å². The number of para-hydroxylation sites is 3. The SMILES string of the molecule is CCNS(=O)(=O)c1ccc(C(=O)OCC(=O)Nc2ccccc2Oc2ccccc2)cc1. The number of carbonyl (C=O) groups excluding carboxylic acids is 2. The van der Waals surface area contributed by atoms with Crippen LogP contribution in [0.1, 0.15) is 17.3 Å². The van der Waals surface area contributed by atoms with Crippen LogP contribution in [0.15, 0.2) is 83.8 Å². The van der Waals surface area contributed by atoms with Crippen LogP contribution < -0.4 is 14.8 Å². The first kappa shape index (κ1) is 23.0. The van der Waals surface area contributed by atoms with Crippen molar-refractivity contribution >= 4 is 27.6 Å². The van der Waals surface area contributed by atoms with E-state index in [1.165, 1.54) is 24.3 Å². The summed E-state index contributed by atoms with van der Waals surface area (Å²) < 4.78 is 37.1. The van der Waals surface area contributed by atoms with Crippen LogP contribution >= 0.6 is 0 Å². The molecule has 0 aliphatic rings. The lowest BCUT2D eigenvalue weighted by molar-refractivity contribution is -0.119. The summed E-state index contributed by atoms with van der Waals surface area (Å²) in [5.41, 5.74) is 0.552. The summed E-state index contributed by atoms with van der Waals surface area (Å²) in [6.07, 6.45) is 0. The van der Waals surface area contributed by atoms with E-state index in [0.29, 0.717) is 17.2 Å². The van der Waals surface area contributed by atoms with Crippen molar-refractivity contribution in [3.8, 4) is 11.5 Å². The zero-order valence-corrected chi connectivity index (χ0v) is 18.1. The molecule has 1 amide bonds. The molecule has 0 bridgehead atoms. The molecule has 0 saturated heterocycles. The normalized spacial score (nSPS) is 10.9. The molecule has 0 saturated carbocycles. The van der Waals surface area contributed by atoms with Crippen LogP contribution in [-0.2, 0) is 19.6 Å². The number of anilines is 1. The second kappa shape index (κ2) is 10.6. The molecule has 8 nitrogen and oxygen atoms in total. The highest BCUT2D eigenvalue weighted by Crippen LogP contribution is 2.29. The Morgan fingerprint density at radius 2 is 1.53 bits per heavy atom. The molecular formula is C23H22N2O6S. The maximum atomic E-state index is 12.3. The molecule has 0 heterocycles. The van der Waals surface area contributed by atoms with Crippen molar-refractivity contribution in [1.29, 1.82) is 0 Å². The van der Waals surface area contributed by atoms with E-state index in [4.69, 9.17) is 9.47 Å². The number of rotatable bonds is 9. The Morgan fingerprint density at radius 3 is 2.22 bits per heavy atom. The maximum Gasteiger partial charge on any atom is 0.338 e. The van der Waals surface area contributed by atoms with E-state index in [1.807, 2.05) is 18.2 Å². The topological polar surface area (TPSA) is 111 Å². The molecule has 32 heavy (non-hydrogen) atoms. The molecule has 0 aromatic heterocycles. The van der Waals surface area contributed by atoms with Gasteiger partial charge in [0.15, 0.2) is 12.4 Å². The minimum Gasteiger partial charge on any atom is -0.455 e. The van der Waals surface area contributed by atoms with Gasteiger partial charge in [0.25, 0.3) is 5.91 Å². The van der Waals surface area contributed by atoms with Gasteiger partial charge in [-0.25, -0.2) is 17.9 Å². The minimum absolute atomic E-state index is 0.0312. The van der Waals surface area contributed by atoms with Gasteiger partial charge in [0.1, 0.15) is 5.75 Å². The first-order valence-electron chi connectivity index (χ1n) is 9.77. The van der Waals surface area contributed by atoms with Crippen LogP contribution in [0, 0.1) is 0 Å². The molecule has 0 aliphatic heterocycles. The van der Waals surface area contributed by atoms with Gasteiger partial charge in [0, 0.05) is 6.54 Å². The average molecular weight is 455 g/mol. The molecule has 9 heteroatoms. The maximum absolute atomic E-state index is 12.3. The first-order valence-corrected chi connectivity index (χ1v) is 11.3. The summed E-state index contributed by atoms with van der Waals surface area (Å²) in [4.78, 5) is 24.5. The predicted octanol–water partition coefficient (Wildman–Crippen LogP) is 3.57. The molecule has 0 fully saturated rings. The van der Waals surface area contributed by atoms with Crippen molar-refractivity contribution < 1.29 is 27.5 Å². The Morgan fingerprint density at radius 1 is 0.875 bits per heavy atom. The van der Waals surface area contributed by atoms with Crippen LogP contribution in [0.5, 0.6) is 11.5 Å². The van der Waals surface area contributed by atoms with Gasteiger partial charge < -0.3 is 14.8 Å². The van der Waals surface area contributed by atoms with Gasteiger partial charge in [0.05, 0.1) is 16.1 Å². The van der Waals surface area contributed by atoms with Crippen molar-refractivity contribution in [3.05, 3.63) is 84.4 Å². The third-order valence-corrected chi connectivity index (χ3v) is 5.76. The number of sulfonamides is 1. The van der Waals surface area contributed by atoms with Gasteiger partial charge in [-0.3, -0.25) is 4.79 Å². The van der Waals surface area contributed by atoms with Crippen LogP contribution in [0.25, 0.3) is 0 Å². The number of hydrogen-bond acceptors (Lipinski definition) is 6. The number of nitrogens with one attached hydrogen (secondary N) is 2. The third kappa shape index (κ3) is 6.16.